The van der Waals surface area contributed by atoms with Crippen LogP contribution in [-0.2, 0) is 48.1 Å². The van der Waals surface area contributed by atoms with Crippen molar-refractivity contribution in [1.29, 1.82) is 0 Å². The number of aliphatic hydroxyl groups excluding tert-OH is 3. The quantitative estimate of drug-likeness (QED) is 0.0872. The molecule has 3 amide bonds. The van der Waals surface area contributed by atoms with Gasteiger partial charge in [-0.15, -0.1) is 0 Å². The number of ketones is 3. The molecule has 17 nitrogen and oxygen atoms in total. The van der Waals surface area contributed by atoms with Gasteiger partial charge in [-0.05, 0) is 50.7 Å². The molecule has 2 fully saturated rings. The maximum atomic E-state index is 13.1. The molecule has 0 radical (unpaired) electrons. The van der Waals surface area contributed by atoms with Crippen LogP contribution < -0.4 is 15.4 Å². The van der Waals surface area contributed by atoms with Gasteiger partial charge in [-0.25, -0.2) is 0 Å². The molecule has 17 heteroatoms. The van der Waals surface area contributed by atoms with Crippen LogP contribution in [0.1, 0.15) is 81.1 Å². The number of likely N-dealkylation sites (tertiary alicyclic amines) is 1. The van der Waals surface area contributed by atoms with Gasteiger partial charge in [0.15, 0.2) is 17.9 Å². The highest BCUT2D eigenvalue weighted by atomic mass is 16.6. The number of hydrogen-bond acceptors (Lipinski definition) is 14. The van der Waals surface area contributed by atoms with Crippen LogP contribution in [0.3, 0.4) is 0 Å². The molecule has 60 heavy (non-hydrogen) atoms. The van der Waals surface area contributed by atoms with Gasteiger partial charge in [0.25, 0.3) is 0 Å². The number of aromatic hydroxyl groups is 2. The number of amides is 3. The van der Waals surface area contributed by atoms with Crippen molar-refractivity contribution in [2.45, 2.75) is 82.6 Å². The van der Waals surface area contributed by atoms with Crippen molar-refractivity contribution in [2.24, 2.45) is 5.92 Å². The monoisotopic (exact) mass is 833 g/mol. The second-order valence-corrected chi connectivity index (χ2v) is 14.8. The third kappa shape index (κ3) is 9.83. The van der Waals surface area contributed by atoms with Gasteiger partial charge in [-0.2, -0.15) is 0 Å². The van der Waals surface area contributed by atoms with Crippen LogP contribution in [-0.4, -0.2) is 131 Å². The van der Waals surface area contributed by atoms with E-state index < -0.39 is 54.7 Å². The summed E-state index contributed by atoms with van der Waals surface area (Å²) in [7, 11) is 3.08. The van der Waals surface area contributed by atoms with Crippen LogP contribution in [0.4, 0.5) is 0 Å². The summed E-state index contributed by atoms with van der Waals surface area (Å²) in [6.07, 6.45) is -0.110. The number of carbonyl (C=O) groups is 6. The second kappa shape index (κ2) is 20.5. The fourth-order valence-electron chi connectivity index (χ4n) is 8.01. The number of nitrogens with zero attached hydrogens (tertiary/aromatic N) is 1. The number of hydrogen-bond donors (Lipinski definition) is 7. The molecule has 2 heterocycles. The fourth-order valence-corrected chi connectivity index (χ4v) is 8.01. The zero-order valence-corrected chi connectivity index (χ0v) is 33.6. The summed E-state index contributed by atoms with van der Waals surface area (Å²) in [4.78, 5) is 74.2. The van der Waals surface area contributed by atoms with Crippen molar-refractivity contribution in [3.8, 4) is 17.2 Å². The molecule has 2 aliphatic carbocycles. The normalized spacial score (nSPS) is 22.7. The Kier molecular flexibility index (Phi) is 15.5. The second-order valence-electron chi connectivity index (χ2n) is 14.8. The Morgan fingerprint density at radius 3 is 2.30 bits per heavy atom. The average molecular weight is 834 g/mol. The Bertz CT molecular complexity index is 2080. The van der Waals surface area contributed by atoms with Gasteiger partial charge in [0, 0.05) is 42.7 Å². The highest BCUT2D eigenvalue weighted by Crippen LogP contribution is 2.47. The third-order valence-electron chi connectivity index (χ3n) is 11.1. The maximum absolute atomic E-state index is 13.1. The van der Waals surface area contributed by atoms with Gasteiger partial charge in [0.1, 0.15) is 36.0 Å². The van der Waals surface area contributed by atoms with E-state index in [9.17, 15) is 49.2 Å². The van der Waals surface area contributed by atoms with Gasteiger partial charge in [-0.1, -0.05) is 42.5 Å². The molecule has 6 atom stereocenters. The lowest BCUT2D eigenvalue weighted by Crippen LogP contribution is -2.58. The Balaban J connectivity index is 0.000000191. The van der Waals surface area contributed by atoms with Gasteiger partial charge in [0.05, 0.1) is 49.1 Å². The molecule has 3 aromatic rings. The first-order valence-electron chi connectivity index (χ1n) is 19.6. The van der Waals surface area contributed by atoms with E-state index in [1.807, 2.05) is 30.3 Å². The Hall–Kier alpha value is -5.72. The summed E-state index contributed by atoms with van der Waals surface area (Å²) in [5.74, 6) is -3.25. The van der Waals surface area contributed by atoms with Crippen LogP contribution in [0, 0.1) is 5.92 Å². The molecule has 0 spiro atoms. The van der Waals surface area contributed by atoms with Gasteiger partial charge >= 0.3 is 0 Å². The number of Topliss-reactive ketones (excluding diaryl/α,β-unsaturated/α-hetero) is 1. The molecular weight excluding hydrogens is 782 g/mol. The molecule has 0 aromatic heterocycles. The van der Waals surface area contributed by atoms with E-state index in [0.717, 1.165) is 0 Å². The molecule has 0 bridgehead atoms. The Morgan fingerprint density at radius 2 is 1.63 bits per heavy atom. The van der Waals surface area contributed by atoms with E-state index in [-0.39, 0.29) is 88.5 Å². The summed E-state index contributed by atoms with van der Waals surface area (Å²) >= 11 is 0. The van der Waals surface area contributed by atoms with Crippen molar-refractivity contribution in [3.05, 3.63) is 87.5 Å². The van der Waals surface area contributed by atoms with Crippen molar-refractivity contribution >= 4 is 35.6 Å². The lowest BCUT2D eigenvalue weighted by atomic mass is 9.75. The summed E-state index contributed by atoms with van der Waals surface area (Å²) in [6, 6.07) is 13.4. The number of ether oxygens (including phenoxy) is 3. The minimum absolute atomic E-state index is 0.0568. The predicted molar refractivity (Wildman–Crippen MR) is 212 cm³/mol. The van der Waals surface area contributed by atoms with Gasteiger partial charge < -0.3 is 55.3 Å². The number of benzene rings is 3. The third-order valence-corrected chi connectivity index (χ3v) is 11.1. The maximum Gasteiger partial charge on any atom is 0.243 e. The summed E-state index contributed by atoms with van der Waals surface area (Å²) < 4.78 is 15.2. The molecule has 7 rings (SSSR count). The first kappa shape index (κ1) is 45.4. The first-order chi connectivity index (χ1) is 28.8. The standard InChI is InChI=1S/C21H18O7.C14H23N3O6.C8H10O/c1-28-14-4-2-3-11-15(14)21(27)17-16(19(11)25)20(26)12-7-9(13(23)8-22)5-6-10(12)18(17)24;1-8-13(21)9(5-12(20)23-8)16-14(22)10-3-2-4-17(10)11(19)6-15-7-18;1-9-7-8-5-3-2-4-6-8/h2-4,9,22,24,26H,5-8H2,1H3;7-10,12-13,20-21H,2-6H2,1H3,(H,15,18)(H,16,22);2-6H,7H2,1H3. The van der Waals surface area contributed by atoms with Crippen LogP contribution >= 0.6 is 0 Å². The summed E-state index contributed by atoms with van der Waals surface area (Å²) in [5, 5.41) is 55.4. The summed E-state index contributed by atoms with van der Waals surface area (Å²) in [6.45, 7) is 2.02. The van der Waals surface area contributed by atoms with E-state index in [0.29, 0.717) is 44.4 Å². The molecular formula is C43H51N3O14. The average Bonchev–Trinajstić information content (AvgIpc) is 3.76. The molecule has 322 valence electrons. The van der Waals surface area contributed by atoms with Crippen molar-refractivity contribution in [1.82, 2.24) is 15.5 Å². The Morgan fingerprint density at radius 1 is 0.933 bits per heavy atom. The number of carbonyl (C=O) groups excluding carboxylic acids is 6. The Labute approximate surface area is 346 Å². The van der Waals surface area contributed by atoms with Crippen molar-refractivity contribution in [3.63, 3.8) is 0 Å². The molecule has 2 aliphatic heterocycles. The number of nitrogens with one attached hydrogen (secondary N) is 2. The largest absolute Gasteiger partial charge is 0.507 e. The van der Waals surface area contributed by atoms with E-state index in [1.54, 1.807) is 26.2 Å². The van der Waals surface area contributed by atoms with E-state index in [4.69, 9.17) is 19.3 Å². The first-order valence-corrected chi connectivity index (χ1v) is 19.6. The number of phenols is 2. The molecule has 3 aromatic carbocycles. The van der Waals surface area contributed by atoms with Crippen LogP contribution in [0.2, 0.25) is 0 Å². The lowest BCUT2D eigenvalue weighted by Gasteiger charge is -2.37. The SMILES string of the molecule is CC1OC(O)CC(NC(=O)C2CCCN2C(=O)CNC=O)C1O.COCc1ccccc1.COc1cccc2c1C(=O)c1c(O)c3c(c(O)c1C2=O)CC(C(=O)CO)CC3. The van der Waals surface area contributed by atoms with E-state index >= 15 is 0 Å². The zero-order chi connectivity index (χ0) is 43.7. The summed E-state index contributed by atoms with van der Waals surface area (Å²) in [5.41, 5.74) is 1.52. The molecule has 2 saturated heterocycles. The van der Waals surface area contributed by atoms with Crippen molar-refractivity contribution in [2.75, 3.05) is 33.9 Å². The zero-order valence-electron chi connectivity index (χ0n) is 33.6. The number of fused-ring (bicyclic) bond motifs is 3. The van der Waals surface area contributed by atoms with Crippen LogP contribution in [0.15, 0.2) is 48.5 Å². The molecule has 4 aliphatic rings. The highest BCUT2D eigenvalue weighted by molar-refractivity contribution is 6.31. The van der Waals surface area contributed by atoms with Crippen molar-refractivity contribution < 1.29 is 68.5 Å². The highest BCUT2D eigenvalue weighted by Gasteiger charge is 2.42. The number of phenolic OH excluding ortho intramolecular Hbond substituents is 2. The molecule has 0 saturated carbocycles. The predicted octanol–water partition coefficient (Wildman–Crippen LogP) is 1.08. The topological polar surface area (TPSA) is 259 Å². The molecule has 7 N–H and O–H groups in total. The minimum Gasteiger partial charge on any atom is -0.507 e. The molecule has 6 unspecified atom stereocenters. The smallest absolute Gasteiger partial charge is 0.243 e. The van der Waals surface area contributed by atoms with Crippen LogP contribution in [0.5, 0.6) is 17.2 Å². The van der Waals surface area contributed by atoms with Gasteiger partial charge in [0.2, 0.25) is 24.0 Å². The lowest BCUT2D eigenvalue weighted by molar-refractivity contribution is -0.203. The number of aliphatic hydroxyl groups is 3. The number of methoxy groups -OCH3 is 2. The fraction of sp³-hybridized carbons (Fsp3) is 0.442. The van der Waals surface area contributed by atoms with Gasteiger partial charge in [-0.3, -0.25) is 28.8 Å². The van der Waals surface area contributed by atoms with E-state index in [1.165, 1.54) is 23.6 Å². The van der Waals surface area contributed by atoms with E-state index in [2.05, 4.69) is 10.6 Å². The number of rotatable bonds is 10. The minimum atomic E-state index is -1.04. The van der Waals surface area contributed by atoms with Crippen LogP contribution in [0.25, 0.3) is 0 Å².